The van der Waals surface area contributed by atoms with E-state index in [0.29, 0.717) is 0 Å². The van der Waals surface area contributed by atoms with Gasteiger partial charge in [-0.25, -0.2) is 0 Å². The summed E-state index contributed by atoms with van der Waals surface area (Å²) in [5, 5.41) is 1.65. The number of aryl methyl sites for hydroxylation is 2. The standard InChI is InChI=1S/C10H17PS/c1-5-11(6-2)10-7-8(3)12-9(10)4/h7H,5-6H2,1-4H3. The molecule has 1 rings (SSSR count). The molecule has 0 aliphatic carbocycles. The molecular formula is C10H17PS. The summed E-state index contributed by atoms with van der Waals surface area (Å²) in [5.41, 5.74) is 0. The predicted octanol–water partition coefficient (Wildman–Crippen LogP) is 3.51. The van der Waals surface area contributed by atoms with Crippen molar-refractivity contribution in [2.24, 2.45) is 0 Å². The molecule has 1 heterocycles. The Kier molecular flexibility index (Phi) is 3.74. The van der Waals surface area contributed by atoms with Crippen molar-refractivity contribution < 1.29 is 0 Å². The Morgan fingerprint density at radius 3 is 2.17 bits per heavy atom. The Morgan fingerprint density at radius 2 is 1.83 bits per heavy atom. The molecule has 12 heavy (non-hydrogen) atoms. The number of hydrogen-bond acceptors (Lipinski definition) is 1. The van der Waals surface area contributed by atoms with Crippen molar-refractivity contribution in [2.45, 2.75) is 27.7 Å². The van der Waals surface area contributed by atoms with Crippen LogP contribution in [0.2, 0.25) is 0 Å². The molecule has 0 aliphatic rings. The molecular weight excluding hydrogens is 183 g/mol. The first kappa shape index (κ1) is 10.2. The molecule has 1 aromatic rings. The number of thiophene rings is 1. The zero-order chi connectivity index (χ0) is 9.14. The molecule has 0 saturated heterocycles. The van der Waals surface area contributed by atoms with Gasteiger partial charge in [0.25, 0.3) is 0 Å². The average Bonchev–Trinajstić information content (AvgIpc) is 2.34. The van der Waals surface area contributed by atoms with E-state index in [0.717, 1.165) is 0 Å². The molecule has 0 bridgehead atoms. The largest absolute Gasteiger partial charge is 0.145 e. The highest BCUT2D eigenvalue weighted by molar-refractivity contribution is 7.66. The van der Waals surface area contributed by atoms with Gasteiger partial charge < -0.3 is 0 Å². The third kappa shape index (κ3) is 2.08. The Bertz CT molecular complexity index is 248. The van der Waals surface area contributed by atoms with E-state index in [1.54, 1.807) is 10.2 Å². The van der Waals surface area contributed by atoms with Gasteiger partial charge in [0.05, 0.1) is 0 Å². The maximum absolute atomic E-state index is 2.39. The molecule has 0 N–H and O–H groups in total. The molecule has 0 aromatic carbocycles. The molecule has 0 fully saturated rings. The normalized spacial score (nSPS) is 11.1. The van der Waals surface area contributed by atoms with Gasteiger partial charge in [-0.05, 0) is 37.5 Å². The van der Waals surface area contributed by atoms with Gasteiger partial charge in [-0.1, -0.05) is 21.8 Å². The minimum atomic E-state index is 0.159. The summed E-state index contributed by atoms with van der Waals surface area (Å²) < 4.78 is 0. The van der Waals surface area contributed by atoms with Gasteiger partial charge >= 0.3 is 0 Å². The van der Waals surface area contributed by atoms with Crippen molar-refractivity contribution >= 4 is 24.6 Å². The van der Waals surface area contributed by atoms with E-state index in [1.165, 1.54) is 17.2 Å². The maximum Gasteiger partial charge on any atom is 0.00938 e. The zero-order valence-electron chi connectivity index (χ0n) is 8.35. The molecule has 1 aromatic heterocycles. The van der Waals surface area contributed by atoms with Crippen LogP contribution in [0.4, 0.5) is 0 Å². The number of hydrogen-bond donors (Lipinski definition) is 0. The molecule has 2 heteroatoms. The first-order valence-electron chi connectivity index (χ1n) is 4.51. The molecule has 0 amide bonds. The number of rotatable bonds is 3. The summed E-state index contributed by atoms with van der Waals surface area (Å²) in [5.74, 6) is 0. The zero-order valence-corrected chi connectivity index (χ0v) is 10.1. The van der Waals surface area contributed by atoms with Gasteiger partial charge in [-0.15, -0.1) is 11.3 Å². The van der Waals surface area contributed by atoms with Crippen LogP contribution in [0.1, 0.15) is 23.6 Å². The fraction of sp³-hybridized carbons (Fsp3) is 0.600. The SMILES string of the molecule is CCP(CC)c1cc(C)sc1C. The van der Waals surface area contributed by atoms with Crippen LogP contribution in [0.15, 0.2) is 6.07 Å². The first-order valence-corrected chi connectivity index (χ1v) is 7.03. The lowest BCUT2D eigenvalue weighted by atomic mass is 10.4. The lowest BCUT2D eigenvalue weighted by Crippen LogP contribution is -2.03. The van der Waals surface area contributed by atoms with Gasteiger partial charge in [0, 0.05) is 9.75 Å². The highest BCUT2D eigenvalue weighted by Crippen LogP contribution is 2.36. The topological polar surface area (TPSA) is 0 Å². The van der Waals surface area contributed by atoms with Gasteiger partial charge in [0.1, 0.15) is 0 Å². The van der Waals surface area contributed by atoms with Crippen LogP contribution in [-0.4, -0.2) is 12.3 Å². The third-order valence-electron chi connectivity index (χ3n) is 2.12. The van der Waals surface area contributed by atoms with E-state index < -0.39 is 0 Å². The Balaban J connectivity index is 2.91. The highest BCUT2D eigenvalue weighted by Gasteiger charge is 2.10. The summed E-state index contributed by atoms with van der Waals surface area (Å²) in [6, 6.07) is 2.39. The van der Waals surface area contributed by atoms with Crippen LogP contribution in [0.5, 0.6) is 0 Å². The molecule has 0 atom stereocenters. The van der Waals surface area contributed by atoms with E-state index in [2.05, 4.69) is 33.8 Å². The summed E-state index contributed by atoms with van der Waals surface area (Å²) in [6.45, 7) is 9.08. The highest BCUT2D eigenvalue weighted by atomic mass is 32.1. The van der Waals surface area contributed by atoms with E-state index in [-0.39, 0.29) is 7.92 Å². The molecule has 0 saturated carbocycles. The Labute approximate surface area is 80.8 Å². The van der Waals surface area contributed by atoms with E-state index >= 15 is 0 Å². The molecule has 0 unspecified atom stereocenters. The summed E-state index contributed by atoms with van der Waals surface area (Å²) in [6.07, 6.45) is 2.67. The van der Waals surface area contributed by atoms with Crippen LogP contribution < -0.4 is 5.30 Å². The monoisotopic (exact) mass is 200 g/mol. The fourth-order valence-corrected chi connectivity index (χ4v) is 4.88. The lowest BCUT2D eigenvalue weighted by Gasteiger charge is -2.12. The van der Waals surface area contributed by atoms with Crippen LogP contribution in [-0.2, 0) is 0 Å². The second-order valence-corrected chi connectivity index (χ2v) is 7.26. The van der Waals surface area contributed by atoms with Crippen molar-refractivity contribution in [1.29, 1.82) is 0 Å². The first-order chi connectivity index (χ1) is 5.69. The van der Waals surface area contributed by atoms with Gasteiger partial charge in [-0.3, -0.25) is 0 Å². The fourth-order valence-electron chi connectivity index (χ4n) is 1.50. The Morgan fingerprint density at radius 1 is 1.25 bits per heavy atom. The third-order valence-corrected chi connectivity index (χ3v) is 5.91. The molecule has 0 aliphatic heterocycles. The quantitative estimate of drug-likeness (QED) is 0.655. The lowest BCUT2D eigenvalue weighted by molar-refractivity contribution is 1.42. The van der Waals surface area contributed by atoms with Gasteiger partial charge in [-0.2, -0.15) is 0 Å². The second kappa shape index (κ2) is 4.39. The maximum atomic E-state index is 2.39. The second-order valence-electron chi connectivity index (χ2n) is 2.97. The van der Waals surface area contributed by atoms with Gasteiger partial charge in [0.2, 0.25) is 0 Å². The smallest absolute Gasteiger partial charge is 0.00938 e. The summed E-state index contributed by atoms with van der Waals surface area (Å²) in [7, 11) is 0.159. The minimum absolute atomic E-state index is 0.159. The Hall–Kier alpha value is 0.130. The molecule has 0 spiro atoms. The summed E-state index contributed by atoms with van der Waals surface area (Å²) in [4.78, 5) is 3.01. The minimum Gasteiger partial charge on any atom is -0.145 e. The van der Waals surface area contributed by atoms with Gasteiger partial charge in [0.15, 0.2) is 0 Å². The van der Waals surface area contributed by atoms with Crippen molar-refractivity contribution in [2.75, 3.05) is 12.3 Å². The van der Waals surface area contributed by atoms with E-state index in [9.17, 15) is 0 Å². The molecule has 0 nitrogen and oxygen atoms in total. The van der Waals surface area contributed by atoms with Crippen molar-refractivity contribution in [3.63, 3.8) is 0 Å². The van der Waals surface area contributed by atoms with Crippen molar-refractivity contribution in [3.8, 4) is 0 Å². The average molecular weight is 200 g/mol. The van der Waals surface area contributed by atoms with Crippen LogP contribution in [0.25, 0.3) is 0 Å². The van der Waals surface area contributed by atoms with Crippen molar-refractivity contribution in [3.05, 3.63) is 15.8 Å². The van der Waals surface area contributed by atoms with Crippen LogP contribution >= 0.6 is 19.3 Å². The van der Waals surface area contributed by atoms with E-state index in [1.807, 2.05) is 11.3 Å². The van der Waals surface area contributed by atoms with Crippen molar-refractivity contribution in [1.82, 2.24) is 0 Å². The van der Waals surface area contributed by atoms with Crippen LogP contribution in [0.3, 0.4) is 0 Å². The molecule has 68 valence electrons. The predicted molar refractivity (Wildman–Crippen MR) is 61.4 cm³/mol. The summed E-state index contributed by atoms with van der Waals surface area (Å²) >= 11 is 1.94. The van der Waals surface area contributed by atoms with Crippen LogP contribution in [0, 0.1) is 13.8 Å². The molecule has 0 radical (unpaired) electrons. The van der Waals surface area contributed by atoms with E-state index in [4.69, 9.17) is 0 Å².